The van der Waals surface area contributed by atoms with Gasteiger partial charge < -0.3 is 0 Å². The smallest absolute Gasteiger partial charge is 0.258 e. The average molecular weight is 250 g/mol. The standard InChI is InChI=1S/C7H5BrClNO2/c8-7(9)5-2-1-3-6(4-5)10(11)12/h1-4,7H. The van der Waals surface area contributed by atoms with Gasteiger partial charge in [-0.1, -0.05) is 28.1 Å². The molecule has 0 fully saturated rings. The van der Waals surface area contributed by atoms with Crippen molar-refractivity contribution in [3.63, 3.8) is 0 Å². The van der Waals surface area contributed by atoms with E-state index in [4.69, 9.17) is 11.6 Å². The van der Waals surface area contributed by atoms with Crippen LogP contribution in [0.3, 0.4) is 0 Å². The molecule has 0 saturated heterocycles. The summed E-state index contributed by atoms with van der Waals surface area (Å²) >= 11 is 8.78. The zero-order chi connectivity index (χ0) is 9.14. The van der Waals surface area contributed by atoms with E-state index in [2.05, 4.69) is 15.9 Å². The highest BCUT2D eigenvalue weighted by Crippen LogP contribution is 2.28. The maximum Gasteiger partial charge on any atom is 0.269 e. The summed E-state index contributed by atoms with van der Waals surface area (Å²) in [6, 6.07) is 6.19. The van der Waals surface area contributed by atoms with Crippen molar-refractivity contribution in [2.45, 2.75) is 4.29 Å². The highest BCUT2D eigenvalue weighted by molar-refractivity contribution is 9.09. The molecule has 1 aromatic rings. The van der Waals surface area contributed by atoms with Crippen LogP contribution in [0.5, 0.6) is 0 Å². The molecule has 0 N–H and O–H groups in total. The molecule has 12 heavy (non-hydrogen) atoms. The van der Waals surface area contributed by atoms with E-state index >= 15 is 0 Å². The third kappa shape index (κ3) is 2.19. The lowest BCUT2D eigenvalue weighted by Gasteiger charge is -1.99. The number of benzene rings is 1. The van der Waals surface area contributed by atoms with Gasteiger partial charge in [-0.3, -0.25) is 10.1 Å². The van der Waals surface area contributed by atoms with Crippen LogP contribution in [0.2, 0.25) is 0 Å². The molecule has 1 aromatic carbocycles. The van der Waals surface area contributed by atoms with Gasteiger partial charge >= 0.3 is 0 Å². The molecule has 0 radical (unpaired) electrons. The predicted octanol–water partition coefficient (Wildman–Crippen LogP) is 3.23. The first kappa shape index (κ1) is 9.48. The molecule has 0 aliphatic carbocycles. The average Bonchev–Trinajstić information content (AvgIpc) is 2.04. The van der Waals surface area contributed by atoms with Crippen molar-refractivity contribution in [2.75, 3.05) is 0 Å². The minimum atomic E-state index is -0.449. The number of hydrogen-bond donors (Lipinski definition) is 0. The zero-order valence-electron chi connectivity index (χ0n) is 5.91. The van der Waals surface area contributed by atoms with Gasteiger partial charge in [-0.05, 0) is 5.56 Å². The fraction of sp³-hybridized carbons (Fsp3) is 0.143. The molecule has 0 aromatic heterocycles. The number of nitro groups is 1. The molecular formula is C7H5BrClNO2. The Morgan fingerprint density at radius 2 is 2.25 bits per heavy atom. The largest absolute Gasteiger partial charge is 0.269 e. The number of hydrogen-bond acceptors (Lipinski definition) is 2. The van der Waals surface area contributed by atoms with Crippen LogP contribution in [0.1, 0.15) is 9.85 Å². The monoisotopic (exact) mass is 249 g/mol. The van der Waals surface area contributed by atoms with E-state index < -0.39 is 4.92 Å². The second kappa shape index (κ2) is 3.87. The topological polar surface area (TPSA) is 43.1 Å². The molecule has 1 unspecified atom stereocenters. The summed E-state index contributed by atoms with van der Waals surface area (Å²) in [5, 5.41) is 10.3. The Morgan fingerprint density at radius 1 is 1.58 bits per heavy atom. The Bertz CT molecular complexity index is 303. The van der Waals surface area contributed by atoms with E-state index in [9.17, 15) is 10.1 Å². The van der Waals surface area contributed by atoms with Gasteiger partial charge in [0.05, 0.1) is 4.92 Å². The van der Waals surface area contributed by atoms with Gasteiger partial charge in [0.1, 0.15) is 4.29 Å². The third-order valence-corrected chi connectivity index (χ3v) is 2.11. The van der Waals surface area contributed by atoms with Crippen molar-refractivity contribution in [3.05, 3.63) is 39.9 Å². The van der Waals surface area contributed by atoms with E-state index in [0.717, 1.165) is 0 Å². The van der Waals surface area contributed by atoms with Gasteiger partial charge in [0.15, 0.2) is 0 Å². The lowest BCUT2D eigenvalue weighted by atomic mass is 10.2. The highest BCUT2D eigenvalue weighted by atomic mass is 79.9. The van der Waals surface area contributed by atoms with Gasteiger partial charge in [0, 0.05) is 12.1 Å². The zero-order valence-corrected chi connectivity index (χ0v) is 8.25. The molecule has 0 heterocycles. The van der Waals surface area contributed by atoms with Gasteiger partial charge in [0.2, 0.25) is 0 Å². The number of halogens is 2. The molecule has 0 spiro atoms. The van der Waals surface area contributed by atoms with Crippen LogP contribution in [0, 0.1) is 10.1 Å². The minimum Gasteiger partial charge on any atom is -0.258 e. The van der Waals surface area contributed by atoms with Crippen molar-refractivity contribution in [1.29, 1.82) is 0 Å². The second-order valence-electron chi connectivity index (χ2n) is 2.15. The molecule has 64 valence electrons. The van der Waals surface area contributed by atoms with Crippen molar-refractivity contribution < 1.29 is 4.92 Å². The summed E-state index contributed by atoms with van der Waals surface area (Å²) in [6.45, 7) is 0. The Balaban J connectivity index is 3.04. The van der Waals surface area contributed by atoms with E-state index in [1.54, 1.807) is 12.1 Å². The Kier molecular flexibility index (Phi) is 3.05. The Morgan fingerprint density at radius 3 is 2.75 bits per heavy atom. The maximum atomic E-state index is 10.3. The molecule has 1 atom stereocenters. The molecule has 0 bridgehead atoms. The summed E-state index contributed by atoms with van der Waals surface area (Å²) in [7, 11) is 0. The summed E-state index contributed by atoms with van der Waals surface area (Å²) in [5.41, 5.74) is 0.739. The quantitative estimate of drug-likeness (QED) is 0.459. The second-order valence-corrected chi connectivity index (χ2v) is 4.03. The van der Waals surface area contributed by atoms with E-state index in [1.165, 1.54) is 12.1 Å². The lowest BCUT2D eigenvalue weighted by molar-refractivity contribution is -0.384. The predicted molar refractivity (Wildman–Crippen MR) is 50.6 cm³/mol. The van der Waals surface area contributed by atoms with Gasteiger partial charge in [-0.25, -0.2) is 0 Å². The Labute approximate surface area is 82.6 Å². The normalized spacial score (nSPS) is 12.5. The number of alkyl halides is 2. The van der Waals surface area contributed by atoms with Crippen molar-refractivity contribution in [3.8, 4) is 0 Å². The third-order valence-electron chi connectivity index (χ3n) is 1.33. The number of nitrogens with zero attached hydrogens (tertiary/aromatic N) is 1. The molecule has 0 aliphatic rings. The summed E-state index contributed by atoms with van der Waals surface area (Å²) in [5.74, 6) is 0. The molecule has 0 aliphatic heterocycles. The van der Waals surface area contributed by atoms with Crippen LogP contribution in [-0.2, 0) is 0 Å². The minimum absolute atomic E-state index is 0.0533. The Hall–Kier alpha value is -0.610. The highest BCUT2D eigenvalue weighted by Gasteiger charge is 2.08. The summed E-state index contributed by atoms with van der Waals surface area (Å²) in [6.07, 6.45) is 0. The van der Waals surface area contributed by atoms with Crippen molar-refractivity contribution in [1.82, 2.24) is 0 Å². The summed E-state index contributed by atoms with van der Waals surface area (Å²) < 4.78 is -0.377. The first-order chi connectivity index (χ1) is 5.61. The number of nitro benzene ring substituents is 1. The summed E-state index contributed by atoms with van der Waals surface area (Å²) in [4.78, 5) is 9.87. The van der Waals surface area contributed by atoms with Crippen LogP contribution >= 0.6 is 27.5 Å². The molecule has 3 nitrogen and oxygen atoms in total. The van der Waals surface area contributed by atoms with E-state index in [1.807, 2.05) is 0 Å². The number of rotatable bonds is 2. The van der Waals surface area contributed by atoms with Crippen LogP contribution in [0.4, 0.5) is 5.69 Å². The van der Waals surface area contributed by atoms with Gasteiger partial charge in [0.25, 0.3) is 5.69 Å². The molecular weight excluding hydrogens is 245 g/mol. The van der Waals surface area contributed by atoms with Crippen molar-refractivity contribution >= 4 is 33.2 Å². The van der Waals surface area contributed by atoms with Crippen LogP contribution in [0.15, 0.2) is 24.3 Å². The van der Waals surface area contributed by atoms with E-state index in [0.29, 0.717) is 5.56 Å². The van der Waals surface area contributed by atoms with Gasteiger partial charge in [-0.15, -0.1) is 11.6 Å². The van der Waals surface area contributed by atoms with Crippen LogP contribution in [0.25, 0.3) is 0 Å². The maximum absolute atomic E-state index is 10.3. The molecule has 1 rings (SSSR count). The fourth-order valence-corrected chi connectivity index (χ4v) is 1.19. The molecule has 5 heteroatoms. The molecule has 0 saturated carbocycles. The molecule has 0 amide bonds. The first-order valence-corrected chi connectivity index (χ1v) is 4.49. The van der Waals surface area contributed by atoms with Crippen LogP contribution in [-0.4, -0.2) is 4.92 Å². The van der Waals surface area contributed by atoms with Crippen molar-refractivity contribution in [2.24, 2.45) is 0 Å². The SMILES string of the molecule is O=[N+]([O-])c1cccc(C(Cl)Br)c1. The van der Waals surface area contributed by atoms with Crippen LogP contribution < -0.4 is 0 Å². The number of non-ortho nitro benzene ring substituents is 1. The fourth-order valence-electron chi connectivity index (χ4n) is 0.774. The first-order valence-electron chi connectivity index (χ1n) is 3.14. The van der Waals surface area contributed by atoms with Gasteiger partial charge in [-0.2, -0.15) is 0 Å². The lowest BCUT2D eigenvalue weighted by Crippen LogP contribution is -1.89. The van der Waals surface area contributed by atoms with E-state index in [-0.39, 0.29) is 9.97 Å².